The van der Waals surface area contributed by atoms with E-state index in [2.05, 4.69) is 30.3 Å². The lowest BCUT2D eigenvalue weighted by atomic mass is 10.0. The van der Waals surface area contributed by atoms with E-state index in [1.54, 1.807) is 24.3 Å². The fraction of sp³-hybridized carbons (Fsp3) is 0.143. The molecular formula is C28H22F3N5O5. The van der Waals surface area contributed by atoms with Crippen LogP contribution in [0.1, 0.15) is 21.5 Å². The Kier molecular flexibility index (Phi) is 8.56. The largest absolute Gasteiger partial charge is 0.507 e. The third-order valence-corrected chi connectivity index (χ3v) is 5.72. The van der Waals surface area contributed by atoms with Crippen LogP contribution < -0.4 is 5.32 Å². The highest BCUT2D eigenvalue weighted by atomic mass is 19.4. The highest BCUT2D eigenvalue weighted by molar-refractivity contribution is 5.93. The Hall–Kier alpha value is -5.33. The zero-order valence-electron chi connectivity index (χ0n) is 21.6. The predicted molar refractivity (Wildman–Crippen MR) is 142 cm³/mol. The molecule has 0 atom stereocenters. The highest BCUT2D eigenvalue weighted by Crippen LogP contribution is 2.32. The molecule has 0 fully saturated rings. The zero-order chi connectivity index (χ0) is 29.6. The molecule has 4 rings (SSSR count). The van der Waals surface area contributed by atoms with Gasteiger partial charge in [-0.1, -0.05) is 6.07 Å². The number of aromatic nitrogens is 2. The molecule has 0 aliphatic rings. The monoisotopic (exact) mass is 565 g/mol. The normalized spacial score (nSPS) is 11.3. The first-order valence-corrected chi connectivity index (χ1v) is 11.9. The van der Waals surface area contributed by atoms with Crippen LogP contribution in [0.3, 0.4) is 0 Å². The first kappa shape index (κ1) is 28.7. The summed E-state index contributed by atoms with van der Waals surface area (Å²) in [6.45, 7) is 0. The van der Waals surface area contributed by atoms with Crippen molar-refractivity contribution in [3.63, 3.8) is 0 Å². The van der Waals surface area contributed by atoms with Gasteiger partial charge in [-0.05, 0) is 66.2 Å². The van der Waals surface area contributed by atoms with E-state index in [0.29, 0.717) is 28.2 Å². The number of carbonyl (C=O) groups excluding carboxylic acids is 2. The summed E-state index contributed by atoms with van der Waals surface area (Å²) < 4.78 is 48.1. The SMILES string of the molecule is COC(=O)Cc1ccc(/N=N/c2ccc(O)c(C(=O)OC)c2)cc1-c1ccnc(Nc2ccc(C(F)(F)F)cc2)n1. The second kappa shape index (κ2) is 12.2. The molecule has 2 N–H and O–H groups in total. The van der Waals surface area contributed by atoms with Crippen LogP contribution in [0.25, 0.3) is 11.3 Å². The van der Waals surface area contributed by atoms with Crippen LogP contribution in [0.15, 0.2) is 83.2 Å². The molecule has 0 radical (unpaired) electrons. The van der Waals surface area contributed by atoms with Crippen LogP contribution >= 0.6 is 0 Å². The number of phenolic OH excluding ortho intramolecular Hbond substituents is 1. The van der Waals surface area contributed by atoms with Gasteiger partial charge in [0.15, 0.2) is 0 Å². The van der Waals surface area contributed by atoms with Gasteiger partial charge < -0.3 is 19.9 Å². The Morgan fingerprint density at radius 2 is 1.61 bits per heavy atom. The number of halogens is 3. The van der Waals surface area contributed by atoms with E-state index < -0.39 is 23.7 Å². The number of methoxy groups -OCH3 is 2. The Morgan fingerprint density at radius 3 is 2.27 bits per heavy atom. The lowest BCUT2D eigenvalue weighted by Gasteiger charge is -2.12. The average molecular weight is 566 g/mol. The fourth-order valence-electron chi connectivity index (χ4n) is 3.66. The van der Waals surface area contributed by atoms with Crippen molar-refractivity contribution in [3.8, 4) is 17.0 Å². The van der Waals surface area contributed by atoms with Gasteiger partial charge in [-0.2, -0.15) is 23.4 Å². The number of esters is 2. The lowest BCUT2D eigenvalue weighted by Crippen LogP contribution is -2.06. The number of aromatic hydroxyl groups is 1. The number of hydrogen-bond donors (Lipinski definition) is 2. The summed E-state index contributed by atoms with van der Waals surface area (Å²) in [6, 6.07) is 15.0. The number of rotatable bonds is 8. The van der Waals surface area contributed by atoms with Gasteiger partial charge in [-0.15, -0.1) is 0 Å². The molecule has 10 nitrogen and oxygen atoms in total. The number of carbonyl (C=O) groups is 2. The van der Waals surface area contributed by atoms with Crippen LogP contribution in [-0.2, 0) is 26.9 Å². The topological polar surface area (TPSA) is 135 Å². The Labute approximate surface area is 231 Å². The summed E-state index contributed by atoms with van der Waals surface area (Å²) in [5, 5.41) is 21.1. The van der Waals surface area contributed by atoms with Crippen molar-refractivity contribution >= 4 is 34.9 Å². The van der Waals surface area contributed by atoms with Gasteiger partial charge in [0.25, 0.3) is 0 Å². The molecule has 1 aromatic heterocycles. The van der Waals surface area contributed by atoms with Crippen LogP contribution in [-0.4, -0.2) is 41.2 Å². The fourth-order valence-corrected chi connectivity index (χ4v) is 3.66. The van der Waals surface area contributed by atoms with E-state index in [1.807, 2.05) is 0 Å². The summed E-state index contributed by atoms with van der Waals surface area (Å²) >= 11 is 0. The van der Waals surface area contributed by atoms with Crippen LogP contribution in [0.5, 0.6) is 5.75 Å². The second-order valence-electron chi connectivity index (χ2n) is 8.45. The molecule has 41 heavy (non-hydrogen) atoms. The number of nitrogens with zero attached hydrogens (tertiary/aromatic N) is 4. The summed E-state index contributed by atoms with van der Waals surface area (Å²) in [5.41, 5.74) is 1.58. The van der Waals surface area contributed by atoms with Gasteiger partial charge >= 0.3 is 18.1 Å². The molecule has 4 aromatic rings. The molecule has 3 aromatic carbocycles. The quantitative estimate of drug-likeness (QED) is 0.182. The molecule has 0 amide bonds. The molecule has 0 unspecified atom stereocenters. The van der Waals surface area contributed by atoms with Crippen LogP contribution in [0.2, 0.25) is 0 Å². The number of phenols is 1. The van der Waals surface area contributed by atoms with Crippen molar-refractivity contribution in [2.45, 2.75) is 12.6 Å². The molecule has 210 valence electrons. The first-order chi connectivity index (χ1) is 19.6. The molecule has 13 heteroatoms. The van der Waals surface area contributed by atoms with Crippen molar-refractivity contribution in [3.05, 3.63) is 89.6 Å². The predicted octanol–water partition coefficient (Wildman–Crippen LogP) is 6.53. The van der Waals surface area contributed by atoms with E-state index in [1.165, 1.54) is 50.7 Å². The summed E-state index contributed by atoms with van der Waals surface area (Å²) in [7, 11) is 2.45. The van der Waals surface area contributed by atoms with E-state index in [9.17, 15) is 27.9 Å². The summed E-state index contributed by atoms with van der Waals surface area (Å²) in [6.07, 6.45) is -3.08. The van der Waals surface area contributed by atoms with Gasteiger partial charge in [0.1, 0.15) is 11.3 Å². The van der Waals surface area contributed by atoms with Crippen LogP contribution in [0, 0.1) is 0 Å². The molecular weight excluding hydrogens is 543 g/mol. The zero-order valence-corrected chi connectivity index (χ0v) is 21.6. The molecule has 0 aliphatic heterocycles. The van der Waals surface area contributed by atoms with Gasteiger partial charge in [0.2, 0.25) is 5.95 Å². The third kappa shape index (κ3) is 7.20. The Bertz CT molecular complexity index is 1610. The van der Waals surface area contributed by atoms with Gasteiger partial charge in [0, 0.05) is 17.4 Å². The molecule has 0 bridgehead atoms. The molecule has 0 saturated carbocycles. The van der Waals surface area contributed by atoms with E-state index in [-0.39, 0.29) is 29.4 Å². The standard InChI is InChI=1S/C28H22F3N5O5/c1-40-25(38)13-16-3-6-19(35-36-20-9-10-24(37)22(15-20)26(39)41-2)14-21(16)23-11-12-32-27(34-23)33-18-7-4-17(5-8-18)28(29,30)31/h3-12,14-15,37H,13H2,1-2H3,(H,32,33,34)/b36-35+. The maximum atomic E-state index is 12.9. The van der Waals surface area contributed by atoms with Crippen molar-refractivity contribution in [2.75, 3.05) is 19.5 Å². The van der Waals surface area contributed by atoms with Gasteiger partial charge in [0.05, 0.1) is 43.3 Å². The average Bonchev–Trinajstić information content (AvgIpc) is 2.96. The Morgan fingerprint density at radius 1 is 0.927 bits per heavy atom. The highest BCUT2D eigenvalue weighted by Gasteiger charge is 2.30. The minimum atomic E-state index is -4.46. The van der Waals surface area contributed by atoms with Crippen LogP contribution in [0.4, 0.5) is 36.2 Å². The maximum Gasteiger partial charge on any atom is 0.416 e. The van der Waals surface area contributed by atoms with Crippen molar-refractivity contribution in [1.82, 2.24) is 9.97 Å². The molecule has 0 spiro atoms. The molecule has 0 aliphatic carbocycles. The minimum Gasteiger partial charge on any atom is -0.507 e. The Balaban J connectivity index is 1.66. The lowest BCUT2D eigenvalue weighted by molar-refractivity contribution is -0.140. The summed E-state index contributed by atoms with van der Waals surface area (Å²) in [4.78, 5) is 32.5. The third-order valence-electron chi connectivity index (χ3n) is 5.72. The number of azo groups is 1. The summed E-state index contributed by atoms with van der Waals surface area (Å²) in [5.74, 6) is -1.39. The van der Waals surface area contributed by atoms with Crippen molar-refractivity contribution in [2.24, 2.45) is 10.2 Å². The second-order valence-corrected chi connectivity index (χ2v) is 8.45. The molecule has 0 saturated heterocycles. The van der Waals surface area contributed by atoms with Crippen molar-refractivity contribution in [1.29, 1.82) is 0 Å². The van der Waals surface area contributed by atoms with E-state index in [4.69, 9.17) is 4.74 Å². The number of ether oxygens (including phenoxy) is 2. The van der Waals surface area contributed by atoms with E-state index >= 15 is 0 Å². The smallest absolute Gasteiger partial charge is 0.416 e. The van der Waals surface area contributed by atoms with Crippen molar-refractivity contribution < 1.29 is 37.3 Å². The maximum absolute atomic E-state index is 12.9. The van der Waals surface area contributed by atoms with E-state index in [0.717, 1.165) is 12.1 Å². The number of anilines is 2. The van der Waals surface area contributed by atoms with Gasteiger partial charge in [-0.3, -0.25) is 4.79 Å². The number of benzene rings is 3. The number of alkyl halides is 3. The van der Waals surface area contributed by atoms with Gasteiger partial charge in [-0.25, -0.2) is 14.8 Å². The number of hydrogen-bond acceptors (Lipinski definition) is 10. The minimum absolute atomic E-state index is 0.0740. The molecule has 1 heterocycles. The first-order valence-electron chi connectivity index (χ1n) is 11.9. The number of nitrogens with one attached hydrogen (secondary N) is 1.